The van der Waals surface area contributed by atoms with Crippen molar-refractivity contribution < 1.29 is 14.3 Å². The van der Waals surface area contributed by atoms with Crippen LogP contribution < -0.4 is 11.1 Å². The Balaban J connectivity index is 2.37. The minimum absolute atomic E-state index is 0.0156. The number of amides is 2. The number of hydrogen-bond donors (Lipinski definition) is 1. The number of imide groups is 1. The summed E-state index contributed by atoms with van der Waals surface area (Å²) in [6.45, 7) is 3.86. The van der Waals surface area contributed by atoms with E-state index in [0.717, 1.165) is 12.0 Å². The summed E-state index contributed by atoms with van der Waals surface area (Å²) in [5, 5.41) is 3.34. The molecule has 0 saturated carbocycles. The predicted octanol–water partition coefficient (Wildman–Crippen LogP) is 1.83. The zero-order chi connectivity index (χ0) is 14.3. The van der Waals surface area contributed by atoms with Crippen molar-refractivity contribution in [2.75, 3.05) is 0 Å². The molecule has 5 heteroatoms. The lowest BCUT2D eigenvalue weighted by Gasteiger charge is -2.15. The molecule has 19 heavy (non-hydrogen) atoms. The Morgan fingerprint density at radius 2 is 1.95 bits per heavy atom. The normalized spacial score (nSPS) is 13.4. The van der Waals surface area contributed by atoms with Crippen molar-refractivity contribution in [3.8, 4) is 0 Å². The van der Waals surface area contributed by atoms with Gasteiger partial charge in [0.1, 0.15) is 6.61 Å². The maximum atomic E-state index is 11.6. The fourth-order valence-electron chi connectivity index (χ4n) is 1.41. The molecule has 2 atom stereocenters. The number of rotatable bonds is 5. The van der Waals surface area contributed by atoms with Crippen molar-refractivity contribution in [2.24, 2.45) is 11.7 Å². The van der Waals surface area contributed by atoms with Crippen LogP contribution in [0.1, 0.15) is 25.8 Å². The summed E-state index contributed by atoms with van der Waals surface area (Å²) in [6, 6.07) is 8.42. The highest BCUT2D eigenvalue weighted by atomic mass is 16.5. The van der Waals surface area contributed by atoms with Gasteiger partial charge in [-0.15, -0.1) is 5.32 Å². The second-order valence-electron chi connectivity index (χ2n) is 4.40. The molecule has 0 aliphatic rings. The Morgan fingerprint density at radius 1 is 1.32 bits per heavy atom. The number of carbonyl (C=O) groups is 2. The number of benzene rings is 1. The molecule has 0 aliphatic carbocycles. The van der Waals surface area contributed by atoms with Crippen molar-refractivity contribution in [1.29, 1.82) is 0 Å². The second-order valence-corrected chi connectivity index (χ2v) is 4.40. The molecule has 5 nitrogen and oxygen atoms in total. The maximum absolute atomic E-state index is 11.6. The summed E-state index contributed by atoms with van der Waals surface area (Å²) in [6.07, 6.45) is -0.144. The minimum Gasteiger partial charge on any atom is -0.443 e. The molecule has 0 unspecified atom stereocenters. The van der Waals surface area contributed by atoms with Crippen LogP contribution in [0.5, 0.6) is 0 Å². The van der Waals surface area contributed by atoms with Crippen LogP contribution in [0.15, 0.2) is 30.3 Å². The summed E-state index contributed by atoms with van der Waals surface area (Å²) < 4.78 is 4.88. The molecule has 2 N–H and O–H groups in total. The summed E-state index contributed by atoms with van der Waals surface area (Å²) in [7, 11) is 0. The van der Waals surface area contributed by atoms with Crippen molar-refractivity contribution in [3.05, 3.63) is 35.9 Å². The number of ether oxygens (including phenoxy) is 1. The van der Waals surface area contributed by atoms with Gasteiger partial charge >= 0.3 is 6.09 Å². The van der Waals surface area contributed by atoms with Gasteiger partial charge in [-0.25, -0.2) is 4.79 Å². The topological polar surface area (TPSA) is 83.5 Å². The molecule has 0 heterocycles. The first-order chi connectivity index (χ1) is 9.04. The van der Waals surface area contributed by atoms with Gasteiger partial charge in [-0.05, 0) is 11.5 Å². The highest BCUT2D eigenvalue weighted by Crippen LogP contribution is 2.06. The molecule has 103 valence electrons. The van der Waals surface area contributed by atoms with E-state index in [1.54, 1.807) is 0 Å². The maximum Gasteiger partial charge on any atom is 0.437 e. The predicted molar refractivity (Wildman–Crippen MR) is 71.2 cm³/mol. The number of carbonyl (C=O) groups excluding carboxylic acids is 2. The molecule has 0 fully saturated rings. The zero-order valence-electron chi connectivity index (χ0n) is 11.2. The van der Waals surface area contributed by atoms with Gasteiger partial charge in [0.15, 0.2) is 0 Å². The van der Waals surface area contributed by atoms with E-state index >= 15 is 0 Å². The van der Waals surface area contributed by atoms with E-state index in [4.69, 9.17) is 10.5 Å². The smallest absolute Gasteiger partial charge is 0.437 e. The SMILES string of the molecule is CC[C@H](C)[C@H](N)C(=O)[N]C(=O)OCc1ccccc1. The van der Waals surface area contributed by atoms with E-state index in [2.05, 4.69) is 5.32 Å². The van der Waals surface area contributed by atoms with Gasteiger partial charge < -0.3 is 10.5 Å². The Morgan fingerprint density at radius 3 is 2.53 bits per heavy atom. The molecule has 2 amide bonds. The van der Waals surface area contributed by atoms with Crippen LogP contribution in [0.2, 0.25) is 0 Å². The summed E-state index contributed by atoms with van der Waals surface area (Å²) >= 11 is 0. The Labute approximate surface area is 113 Å². The van der Waals surface area contributed by atoms with Gasteiger partial charge in [0.2, 0.25) is 0 Å². The van der Waals surface area contributed by atoms with Crippen LogP contribution in [0, 0.1) is 5.92 Å². The third-order valence-electron chi connectivity index (χ3n) is 2.95. The molecule has 0 aromatic heterocycles. The van der Waals surface area contributed by atoms with Gasteiger partial charge in [0, 0.05) is 0 Å². The largest absolute Gasteiger partial charge is 0.443 e. The van der Waals surface area contributed by atoms with Crippen LogP contribution in [0.3, 0.4) is 0 Å². The lowest BCUT2D eigenvalue weighted by Crippen LogP contribution is -2.43. The van der Waals surface area contributed by atoms with E-state index in [1.165, 1.54) is 0 Å². The van der Waals surface area contributed by atoms with Crippen molar-refractivity contribution >= 4 is 12.0 Å². The van der Waals surface area contributed by atoms with Crippen molar-refractivity contribution in [2.45, 2.75) is 32.9 Å². The van der Waals surface area contributed by atoms with Crippen LogP contribution in [0.4, 0.5) is 4.79 Å². The van der Waals surface area contributed by atoms with Crippen LogP contribution in [0.25, 0.3) is 0 Å². The van der Waals surface area contributed by atoms with Gasteiger partial charge in [0.05, 0.1) is 6.04 Å². The van der Waals surface area contributed by atoms with Gasteiger partial charge in [0.25, 0.3) is 5.91 Å². The van der Waals surface area contributed by atoms with Crippen LogP contribution >= 0.6 is 0 Å². The van der Waals surface area contributed by atoms with E-state index in [-0.39, 0.29) is 12.5 Å². The highest BCUT2D eigenvalue weighted by Gasteiger charge is 2.23. The highest BCUT2D eigenvalue weighted by molar-refractivity contribution is 5.94. The first kappa shape index (κ1) is 15.2. The molecule has 0 spiro atoms. The van der Waals surface area contributed by atoms with Crippen LogP contribution in [-0.2, 0) is 16.1 Å². The Hall–Kier alpha value is -1.88. The standard InChI is InChI=1S/C14H19N2O3/c1-3-10(2)12(15)13(17)16-14(18)19-9-11-7-5-4-6-8-11/h4-8,10,12H,3,9,15H2,1-2H3/t10-,12-/m0/s1. The number of nitrogens with two attached hydrogens (primary N) is 1. The van der Waals surface area contributed by atoms with E-state index < -0.39 is 18.0 Å². The molecule has 1 aromatic carbocycles. The fourth-order valence-corrected chi connectivity index (χ4v) is 1.41. The minimum atomic E-state index is -0.896. The second kappa shape index (κ2) is 7.53. The lowest BCUT2D eigenvalue weighted by molar-refractivity contribution is -0.123. The summed E-state index contributed by atoms with van der Waals surface area (Å²) in [5.74, 6) is -0.648. The quantitative estimate of drug-likeness (QED) is 0.878. The van der Waals surface area contributed by atoms with E-state index in [0.29, 0.717) is 0 Å². The van der Waals surface area contributed by atoms with Gasteiger partial charge in [-0.3, -0.25) is 4.79 Å². The van der Waals surface area contributed by atoms with Gasteiger partial charge in [-0.2, -0.15) is 0 Å². The molecule has 1 rings (SSSR count). The molecule has 0 saturated heterocycles. The molecular weight excluding hydrogens is 244 g/mol. The first-order valence-electron chi connectivity index (χ1n) is 6.26. The average Bonchev–Trinajstić information content (AvgIpc) is 2.44. The number of nitrogens with zero attached hydrogens (tertiary/aromatic N) is 1. The molecule has 0 aliphatic heterocycles. The lowest BCUT2D eigenvalue weighted by atomic mass is 10.00. The van der Waals surface area contributed by atoms with E-state index in [9.17, 15) is 9.59 Å². The Bertz CT molecular complexity index is 420. The average molecular weight is 263 g/mol. The molecule has 1 radical (unpaired) electrons. The van der Waals surface area contributed by atoms with Crippen molar-refractivity contribution in [3.63, 3.8) is 0 Å². The van der Waals surface area contributed by atoms with Crippen molar-refractivity contribution in [1.82, 2.24) is 5.32 Å². The third-order valence-corrected chi connectivity index (χ3v) is 2.95. The van der Waals surface area contributed by atoms with E-state index in [1.807, 2.05) is 44.2 Å². The summed E-state index contributed by atoms with van der Waals surface area (Å²) in [4.78, 5) is 22.9. The third kappa shape index (κ3) is 5.09. The Kier molecular flexibility index (Phi) is 6.02. The zero-order valence-corrected chi connectivity index (χ0v) is 11.2. The molecule has 0 bridgehead atoms. The number of hydrogen-bond acceptors (Lipinski definition) is 4. The molecule has 1 aromatic rings. The van der Waals surface area contributed by atoms with Gasteiger partial charge in [-0.1, -0.05) is 50.6 Å². The fraction of sp³-hybridized carbons (Fsp3) is 0.429. The molecular formula is C14H19N2O3. The first-order valence-corrected chi connectivity index (χ1v) is 6.26. The monoisotopic (exact) mass is 263 g/mol. The van der Waals surface area contributed by atoms with Crippen LogP contribution in [-0.4, -0.2) is 18.0 Å². The summed E-state index contributed by atoms with van der Waals surface area (Å²) in [5.41, 5.74) is 6.51.